The molecule has 0 aliphatic carbocycles. The molecule has 1 aliphatic rings. The summed E-state index contributed by atoms with van der Waals surface area (Å²) in [5, 5.41) is 0. The van der Waals surface area contributed by atoms with E-state index in [0.717, 1.165) is 6.42 Å². The Kier molecular flexibility index (Phi) is 4.56. The van der Waals surface area contributed by atoms with Crippen LogP contribution in [0.1, 0.15) is 38.3 Å². The Bertz CT molecular complexity index is 653. The van der Waals surface area contributed by atoms with E-state index in [1.54, 1.807) is 12.1 Å². The van der Waals surface area contributed by atoms with Crippen LogP contribution in [-0.2, 0) is 15.8 Å². The average molecular weight is 310 g/mol. The standard InChI is InChI=1S/C15H22N2O3S/c1-4-10(2)11(3)8-20-13-7-5-6-12-9-21(18,19)17-15(16)14(12)13/h5-7,10-11H,4,8-9H2,1-3H3,(H2,16,17). The number of nitrogens with zero attached hydrogens (tertiary/aromatic N) is 1. The third kappa shape index (κ3) is 3.56. The molecule has 0 amide bonds. The number of nitrogens with two attached hydrogens (primary N) is 1. The zero-order valence-corrected chi connectivity index (χ0v) is 13.5. The molecule has 0 saturated carbocycles. The molecule has 1 aliphatic heterocycles. The van der Waals surface area contributed by atoms with Crippen molar-refractivity contribution in [3.8, 4) is 5.75 Å². The predicted molar refractivity (Wildman–Crippen MR) is 83.9 cm³/mol. The molecule has 21 heavy (non-hydrogen) atoms. The lowest BCUT2D eigenvalue weighted by atomic mass is 9.94. The van der Waals surface area contributed by atoms with Crippen molar-refractivity contribution in [1.29, 1.82) is 0 Å². The second kappa shape index (κ2) is 6.05. The van der Waals surface area contributed by atoms with Crippen LogP contribution in [0, 0.1) is 11.8 Å². The predicted octanol–water partition coefficient (Wildman–Crippen LogP) is 2.30. The Labute approximate surface area is 126 Å². The van der Waals surface area contributed by atoms with Gasteiger partial charge in [0.25, 0.3) is 10.0 Å². The van der Waals surface area contributed by atoms with Gasteiger partial charge in [-0.2, -0.15) is 0 Å². The molecule has 2 atom stereocenters. The topological polar surface area (TPSA) is 81.8 Å². The average Bonchev–Trinajstić information content (AvgIpc) is 2.41. The minimum Gasteiger partial charge on any atom is -0.493 e. The van der Waals surface area contributed by atoms with Gasteiger partial charge in [-0.15, -0.1) is 4.40 Å². The Morgan fingerprint density at radius 2 is 2.05 bits per heavy atom. The van der Waals surface area contributed by atoms with Gasteiger partial charge >= 0.3 is 0 Å². The molecular weight excluding hydrogens is 288 g/mol. The fraction of sp³-hybridized carbons (Fsp3) is 0.533. The molecule has 0 saturated heterocycles. The van der Waals surface area contributed by atoms with Crippen LogP contribution in [0.3, 0.4) is 0 Å². The first kappa shape index (κ1) is 15.8. The van der Waals surface area contributed by atoms with Crippen molar-refractivity contribution >= 4 is 15.9 Å². The summed E-state index contributed by atoms with van der Waals surface area (Å²) in [7, 11) is -3.50. The maximum Gasteiger partial charge on any atom is 0.259 e. The SMILES string of the molecule is CCC(C)C(C)COc1cccc2c1C(N)=NS(=O)(=O)C2. The number of amidine groups is 1. The minimum absolute atomic E-state index is 0.0167. The highest BCUT2D eigenvalue weighted by Gasteiger charge is 2.25. The Morgan fingerprint density at radius 1 is 1.33 bits per heavy atom. The summed E-state index contributed by atoms with van der Waals surface area (Å²) >= 11 is 0. The van der Waals surface area contributed by atoms with Crippen LogP contribution in [0.4, 0.5) is 0 Å². The van der Waals surface area contributed by atoms with Gasteiger partial charge in [-0.1, -0.05) is 39.3 Å². The molecule has 1 aromatic carbocycles. The van der Waals surface area contributed by atoms with E-state index in [0.29, 0.717) is 35.3 Å². The number of hydrogen-bond acceptors (Lipinski definition) is 4. The molecule has 6 heteroatoms. The first-order chi connectivity index (χ1) is 9.84. The number of fused-ring (bicyclic) bond motifs is 1. The first-order valence-electron chi connectivity index (χ1n) is 7.17. The van der Waals surface area contributed by atoms with Crippen molar-refractivity contribution < 1.29 is 13.2 Å². The third-order valence-corrected chi connectivity index (χ3v) is 5.21. The highest BCUT2D eigenvalue weighted by molar-refractivity contribution is 7.89. The monoisotopic (exact) mass is 310 g/mol. The lowest BCUT2D eigenvalue weighted by Crippen LogP contribution is -2.25. The molecule has 0 radical (unpaired) electrons. The smallest absolute Gasteiger partial charge is 0.259 e. The van der Waals surface area contributed by atoms with Gasteiger partial charge in [0.05, 0.1) is 17.9 Å². The van der Waals surface area contributed by atoms with E-state index in [9.17, 15) is 8.42 Å². The van der Waals surface area contributed by atoms with Gasteiger partial charge in [-0.3, -0.25) is 0 Å². The highest BCUT2D eigenvalue weighted by Crippen LogP contribution is 2.29. The molecule has 2 rings (SSSR count). The number of ether oxygens (including phenoxy) is 1. The second-order valence-corrected chi connectivity index (χ2v) is 7.30. The molecule has 0 spiro atoms. The van der Waals surface area contributed by atoms with Crippen molar-refractivity contribution in [3.05, 3.63) is 29.3 Å². The number of hydrogen-bond donors (Lipinski definition) is 1. The maximum absolute atomic E-state index is 11.6. The number of benzene rings is 1. The molecule has 1 heterocycles. The largest absolute Gasteiger partial charge is 0.493 e. The van der Waals surface area contributed by atoms with E-state index >= 15 is 0 Å². The van der Waals surface area contributed by atoms with Gasteiger partial charge in [0.15, 0.2) is 0 Å². The van der Waals surface area contributed by atoms with E-state index in [1.807, 2.05) is 6.07 Å². The second-order valence-electron chi connectivity index (χ2n) is 5.67. The van der Waals surface area contributed by atoms with Crippen LogP contribution < -0.4 is 10.5 Å². The van der Waals surface area contributed by atoms with Crippen LogP contribution in [0.2, 0.25) is 0 Å². The van der Waals surface area contributed by atoms with Gasteiger partial charge in [-0.05, 0) is 23.5 Å². The Hall–Kier alpha value is -1.56. The molecule has 0 aromatic heterocycles. The highest BCUT2D eigenvalue weighted by atomic mass is 32.2. The summed E-state index contributed by atoms with van der Waals surface area (Å²) in [6.07, 6.45) is 1.10. The van der Waals surface area contributed by atoms with E-state index < -0.39 is 10.0 Å². The molecule has 1 aromatic rings. The van der Waals surface area contributed by atoms with Crippen molar-refractivity contribution in [2.24, 2.45) is 22.0 Å². The van der Waals surface area contributed by atoms with Gasteiger partial charge in [0, 0.05) is 0 Å². The Balaban J connectivity index is 2.24. The van der Waals surface area contributed by atoms with Crippen molar-refractivity contribution in [2.75, 3.05) is 6.61 Å². The van der Waals surface area contributed by atoms with E-state index in [-0.39, 0.29) is 11.6 Å². The van der Waals surface area contributed by atoms with Crippen molar-refractivity contribution in [3.63, 3.8) is 0 Å². The zero-order valence-electron chi connectivity index (χ0n) is 12.7. The van der Waals surface area contributed by atoms with Gasteiger partial charge in [-0.25, -0.2) is 8.42 Å². The summed E-state index contributed by atoms with van der Waals surface area (Å²) < 4.78 is 32.7. The van der Waals surface area contributed by atoms with E-state index in [1.165, 1.54) is 0 Å². The summed E-state index contributed by atoms with van der Waals surface area (Å²) in [5.41, 5.74) is 7.07. The van der Waals surface area contributed by atoms with Crippen LogP contribution in [0.5, 0.6) is 5.75 Å². The number of rotatable bonds is 5. The first-order valence-corrected chi connectivity index (χ1v) is 8.78. The fourth-order valence-corrected chi connectivity index (χ4v) is 3.41. The lowest BCUT2D eigenvalue weighted by molar-refractivity contribution is 0.212. The molecule has 116 valence electrons. The molecule has 5 nitrogen and oxygen atoms in total. The Morgan fingerprint density at radius 3 is 2.71 bits per heavy atom. The van der Waals surface area contributed by atoms with Crippen molar-refractivity contribution in [1.82, 2.24) is 0 Å². The quantitative estimate of drug-likeness (QED) is 0.904. The molecule has 2 unspecified atom stereocenters. The normalized spacial score (nSPS) is 19.3. The molecular formula is C15H22N2O3S. The zero-order chi connectivity index (χ0) is 15.6. The van der Waals surface area contributed by atoms with Gasteiger partial charge in [0.2, 0.25) is 0 Å². The summed E-state index contributed by atoms with van der Waals surface area (Å²) in [4.78, 5) is 0. The lowest BCUT2D eigenvalue weighted by Gasteiger charge is -2.22. The van der Waals surface area contributed by atoms with Crippen LogP contribution in [-0.4, -0.2) is 20.9 Å². The van der Waals surface area contributed by atoms with Gasteiger partial charge < -0.3 is 10.5 Å². The summed E-state index contributed by atoms with van der Waals surface area (Å²) in [6.45, 7) is 7.06. The van der Waals surface area contributed by atoms with E-state index in [2.05, 4.69) is 25.2 Å². The summed E-state index contributed by atoms with van der Waals surface area (Å²) in [5.74, 6) is 1.48. The minimum atomic E-state index is -3.50. The van der Waals surface area contributed by atoms with E-state index in [4.69, 9.17) is 10.5 Å². The fourth-order valence-electron chi connectivity index (χ4n) is 2.32. The van der Waals surface area contributed by atoms with Crippen molar-refractivity contribution in [2.45, 2.75) is 32.9 Å². The molecule has 2 N–H and O–H groups in total. The summed E-state index contributed by atoms with van der Waals surface area (Å²) in [6, 6.07) is 5.35. The van der Waals surface area contributed by atoms with Crippen LogP contribution in [0.15, 0.2) is 22.6 Å². The number of sulfonamides is 1. The van der Waals surface area contributed by atoms with Gasteiger partial charge in [0.1, 0.15) is 11.6 Å². The van der Waals surface area contributed by atoms with Crippen LogP contribution >= 0.6 is 0 Å². The molecule has 0 bridgehead atoms. The van der Waals surface area contributed by atoms with Crippen LogP contribution in [0.25, 0.3) is 0 Å². The maximum atomic E-state index is 11.6. The molecule has 0 fully saturated rings. The third-order valence-electron chi connectivity index (χ3n) is 4.06.